The molecule has 0 spiro atoms. The summed E-state index contributed by atoms with van der Waals surface area (Å²) in [4.78, 5) is 29.9. The van der Waals surface area contributed by atoms with Gasteiger partial charge in [-0.05, 0) is 56.0 Å². The maximum atomic E-state index is 12.6. The molecule has 0 radical (unpaired) electrons. The van der Waals surface area contributed by atoms with Crippen LogP contribution >= 0.6 is 11.3 Å². The summed E-state index contributed by atoms with van der Waals surface area (Å²) in [5.41, 5.74) is 3.46. The van der Waals surface area contributed by atoms with Gasteiger partial charge in [-0.15, -0.1) is 0 Å². The second-order valence-corrected chi connectivity index (χ2v) is 9.23. The van der Waals surface area contributed by atoms with Crippen LogP contribution in [-0.4, -0.2) is 38.8 Å². The van der Waals surface area contributed by atoms with Crippen molar-refractivity contribution >= 4 is 38.2 Å². The van der Waals surface area contributed by atoms with Gasteiger partial charge in [0.2, 0.25) is 0 Å². The Morgan fingerprint density at radius 3 is 2.58 bits per heavy atom. The van der Waals surface area contributed by atoms with Gasteiger partial charge >= 0.3 is 0 Å². The third kappa shape index (κ3) is 3.64. The van der Waals surface area contributed by atoms with E-state index < -0.39 is 5.60 Å². The molecular formula is C24H23N3O3S. The average Bonchev–Trinajstić information content (AvgIpc) is 3.33. The van der Waals surface area contributed by atoms with Crippen LogP contribution in [-0.2, 0) is 0 Å². The number of benzene rings is 2. The van der Waals surface area contributed by atoms with Crippen LogP contribution in [0.25, 0.3) is 26.4 Å². The molecule has 2 N–H and O–H groups in total. The van der Waals surface area contributed by atoms with Crippen molar-refractivity contribution in [3.8, 4) is 11.3 Å². The quantitative estimate of drug-likeness (QED) is 0.440. The van der Waals surface area contributed by atoms with Crippen molar-refractivity contribution < 1.29 is 14.7 Å². The van der Waals surface area contributed by atoms with Crippen LogP contribution < -0.4 is 5.32 Å². The molecule has 2 aromatic heterocycles. The lowest BCUT2D eigenvalue weighted by molar-refractivity contribution is -0.0401. The molecule has 1 aliphatic carbocycles. The predicted octanol–water partition coefficient (Wildman–Crippen LogP) is 4.45. The third-order valence-corrected chi connectivity index (χ3v) is 7.21. The molecule has 7 heteroatoms. The number of nitrogens with zero attached hydrogens (tertiary/aromatic N) is 2. The van der Waals surface area contributed by atoms with E-state index in [2.05, 4.69) is 5.32 Å². The van der Waals surface area contributed by atoms with Gasteiger partial charge in [0.25, 0.3) is 5.91 Å². The Labute approximate surface area is 183 Å². The number of hydrogen-bond donors (Lipinski definition) is 2. The number of nitrogens with one attached hydrogen (secondary N) is 1. The van der Waals surface area contributed by atoms with Crippen LogP contribution in [0, 0.1) is 0 Å². The Balaban J connectivity index is 1.39. The van der Waals surface area contributed by atoms with Gasteiger partial charge in [0.1, 0.15) is 0 Å². The number of amides is 1. The highest BCUT2D eigenvalue weighted by Crippen LogP contribution is 2.36. The first-order valence-corrected chi connectivity index (χ1v) is 11.3. The molecular weight excluding hydrogens is 410 g/mol. The molecule has 0 unspecified atom stereocenters. The molecule has 5 rings (SSSR count). The molecule has 1 amide bonds. The number of aliphatic hydroxyl groups is 1. The van der Waals surface area contributed by atoms with Gasteiger partial charge < -0.3 is 10.4 Å². The molecule has 2 heterocycles. The highest BCUT2D eigenvalue weighted by atomic mass is 32.1. The smallest absolute Gasteiger partial charge is 0.251 e. The Bertz CT molecular complexity index is 1300. The van der Waals surface area contributed by atoms with Crippen molar-refractivity contribution in [1.29, 1.82) is 0 Å². The van der Waals surface area contributed by atoms with Crippen LogP contribution in [0.5, 0.6) is 0 Å². The van der Waals surface area contributed by atoms with E-state index in [0.29, 0.717) is 24.0 Å². The van der Waals surface area contributed by atoms with Crippen molar-refractivity contribution in [2.45, 2.75) is 37.7 Å². The first kappa shape index (κ1) is 19.9. The van der Waals surface area contributed by atoms with Gasteiger partial charge in [-0.2, -0.15) is 0 Å². The molecule has 0 bridgehead atoms. The van der Waals surface area contributed by atoms with Crippen molar-refractivity contribution in [2.75, 3.05) is 7.05 Å². The van der Waals surface area contributed by atoms with Crippen molar-refractivity contribution in [3.05, 3.63) is 59.8 Å². The Kier molecular flexibility index (Phi) is 4.87. The van der Waals surface area contributed by atoms with E-state index in [9.17, 15) is 14.7 Å². The Morgan fingerprint density at radius 1 is 1.16 bits per heavy atom. The molecule has 1 fully saturated rings. The zero-order valence-electron chi connectivity index (χ0n) is 17.2. The number of fused-ring (bicyclic) bond motifs is 3. The summed E-state index contributed by atoms with van der Waals surface area (Å²) in [5.74, 6) is -0.0410. The van der Waals surface area contributed by atoms with E-state index in [1.165, 1.54) is 0 Å². The van der Waals surface area contributed by atoms with Gasteiger partial charge in [0.15, 0.2) is 10.7 Å². The fourth-order valence-corrected chi connectivity index (χ4v) is 5.12. The zero-order chi connectivity index (χ0) is 21.6. The minimum absolute atomic E-state index is 0.0742. The number of carbonyl (C=O) groups excluding carboxylic acids is 2. The molecule has 0 saturated heterocycles. The molecule has 158 valence electrons. The Morgan fingerprint density at radius 2 is 1.90 bits per heavy atom. The fraction of sp³-hybridized carbons (Fsp3) is 0.292. The second kappa shape index (κ2) is 7.59. The molecule has 0 aliphatic heterocycles. The molecule has 2 aromatic carbocycles. The molecule has 1 saturated carbocycles. The van der Waals surface area contributed by atoms with E-state index in [1.807, 2.05) is 40.9 Å². The summed E-state index contributed by atoms with van der Waals surface area (Å²) >= 11 is 1.55. The summed E-state index contributed by atoms with van der Waals surface area (Å²) < 4.78 is 3.05. The summed E-state index contributed by atoms with van der Waals surface area (Å²) in [6, 6.07) is 13.1. The average molecular weight is 434 g/mol. The monoisotopic (exact) mass is 433 g/mol. The van der Waals surface area contributed by atoms with Crippen LogP contribution in [0.3, 0.4) is 0 Å². The zero-order valence-corrected chi connectivity index (χ0v) is 18.0. The SMILES string of the molecule is CNC(=O)c1ccc(-c2cn3c(n2)sc2cc(C(=O)CCC4(O)CCC4)ccc23)cc1. The Hall–Kier alpha value is -3.03. The minimum Gasteiger partial charge on any atom is -0.390 e. The lowest BCUT2D eigenvalue weighted by Gasteiger charge is -2.36. The van der Waals surface area contributed by atoms with Gasteiger partial charge in [0, 0.05) is 36.4 Å². The summed E-state index contributed by atoms with van der Waals surface area (Å²) in [5, 5.41) is 12.9. The van der Waals surface area contributed by atoms with Crippen molar-refractivity contribution in [2.24, 2.45) is 0 Å². The largest absolute Gasteiger partial charge is 0.390 e. The number of ketones is 1. The van der Waals surface area contributed by atoms with E-state index in [-0.39, 0.29) is 11.7 Å². The number of thiazole rings is 1. The molecule has 1 aliphatic rings. The topological polar surface area (TPSA) is 83.7 Å². The van der Waals surface area contributed by atoms with Gasteiger partial charge in [0.05, 0.1) is 21.5 Å². The third-order valence-electron chi connectivity index (χ3n) is 6.19. The number of rotatable bonds is 6. The van der Waals surface area contributed by atoms with Crippen LogP contribution in [0.4, 0.5) is 0 Å². The second-order valence-electron chi connectivity index (χ2n) is 8.22. The number of aromatic nitrogens is 2. The molecule has 0 atom stereocenters. The summed E-state index contributed by atoms with van der Waals surface area (Å²) in [7, 11) is 1.61. The maximum absolute atomic E-state index is 12.6. The molecule has 6 nitrogen and oxygen atoms in total. The minimum atomic E-state index is -0.627. The van der Waals surface area contributed by atoms with E-state index in [4.69, 9.17) is 4.98 Å². The van der Waals surface area contributed by atoms with Crippen LogP contribution in [0.15, 0.2) is 48.7 Å². The molecule has 31 heavy (non-hydrogen) atoms. The van der Waals surface area contributed by atoms with Gasteiger partial charge in [-0.1, -0.05) is 23.5 Å². The van der Waals surface area contributed by atoms with Gasteiger partial charge in [-0.25, -0.2) is 4.98 Å². The van der Waals surface area contributed by atoms with Gasteiger partial charge in [-0.3, -0.25) is 14.0 Å². The predicted molar refractivity (Wildman–Crippen MR) is 122 cm³/mol. The van der Waals surface area contributed by atoms with E-state index in [0.717, 1.165) is 45.7 Å². The van der Waals surface area contributed by atoms with Crippen LogP contribution in [0.1, 0.15) is 52.8 Å². The summed E-state index contributed by atoms with van der Waals surface area (Å²) in [6.07, 6.45) is 5.56. The fourth-order valence-electron chi connectivity index (χ4n) is 4.08. The van der Waals surface area contributed by atoms with Crippen LogP contribution in [0.2, 0.25) is 0 Å². The highest BCUT2D eigenvalue weighted by molar-refractivity contribution is 7.23. The van der Waals surface area contributed by atoms with E-state index >= 15 is 0 Å². The first-order valence-electron chi connectivity index (χ1n) is 10.5. The normalized spacial score (nSPS) is 15.2. The number of Topliss-reactive ketones (excluding diaryl/α,β-unsaturated/α-hetero) is 1. The van der Waals surface area contributed by atoms with Crippen molar-refractivity contribution in [1.82, 2.24) is 14.7 Å². The number of carbonyl (C=O) groups is 2. The summed E-state index contributed by atoms with van der Waals surface area (Å²) in [6.45, 7) is 0. The van der Waals surface area contributed by atoms with Crippen molar-refractivity contribution in [3.63, 3.8) is 0 Å². The number of imidazole rings is 1. The lowest BCUT2D eigenvalue weighted by atomic mass is 9.76. The highest BCUT2D eigenvalue weighted by Gasteiger charge is 2.34. The first-order chi connectivity index (χ1) is 15.0. The lowest BCUT2D eigenvalue weighted by Crippen LogP contribution is -2.37. The van der Waals surface area contributed by atoms with E-state index in [1.54, 1.807) is 30.5 Å². The molecule has 4 aromatic rings. The maximum Gasteiger partial charge on any atom is 0.251 e. The standard InChI is InChI=1S/C24H23N3O3S/c1-25-22(29)16-5-3-15(4-6-16)18-14-27-19-8-7-17(13-21(19)31-23(27)26-18)20(28)9-12-24(30)10-2-11-24/h3-8,13-14,30H,2,9-12H2,1H3,(H,25,29). The number of hydrogen-bond acceptors (Lipinski definition) is 5.